The Morgan fingerprint density at radius 2 is 2.07 bits per heavy atom. The van der Waals surface area contributed by atoms with Gasteiger partial charge in [0, 0.05) is 11.4 Å². The molecule has 0 fully saturated rings. The normalized spacial score (nSPS) is 12.6. The fourth-order valence-electron chi connectivity index (χ4n) is 2.63. The molecule has 1 heterocycles. The monoisotopic (exact) mass is 447 g/mol. The number of anilines is 2. The molecule has 0 saturated carbocycles. The lowest BCUT2D eigenvalue weighted by Crippen LogP contribution is -2.15. The second-order valence-electron chi connectivity index (χ2n) is 6.21. The lowest BCUT2D eigenvalue weighted by atomic mass is 10.2. The Morgan fingerprint density at radius 1 is 1.27 bits per heavy atom. The van der Waals surface area contributed by atoms with Gasteiger partial charge in [0.25, 0.3) is 0 Å². The number of nitrogens with zero attached hydrogens (tertiary/aromatic N) is 1. The molecule has 2 aromatic rings. The maximum atomic E-state index is 13.3. The lowest BCUT2D eigenvalue weighted by molar-refractivity contribution is -0.142. The Bertz CT molecular complexity index is 1030. The Kier molecular flexibility index (Phi) is 7.48. The summed E-state index contributed by atoms with van der Waals surface area (Å²) in [7, 11) is 0. The van der Waals surface area contributed by atoms with Crippen LogP contribution in [0.5, 0.6) is 0 Å². The number of halogens is 2. The van der Waals surface area contributed by atoms with Gasteiger partial charge in [-0.3, -0.25) is 9.59 Å². The molecule has 1 aliphatic rings. The molecule has 0 bridgehead atoms. The molecule has 0 aromatic heterocycles. The SMILES string of the molecule is CCOC(=O)CC1=CC(SCC(=O)Nc2ccc(F)c(Cl)c2)=Nc2ccccc2N1. The second kappa shape index (κ2) is 10.3. The zero-order valence-electron chi connectivity index (χ0n) is 16.1. The number of hydrogen-bond acceptors (Lipinski definition) is 6. The fourth-order valence-corrected chi connectivity index (χ4v) is 3.55. The summed E-state index contributed by atoms with van der Waals surface area (Å²) >= 11 is 6.95. The lowest BCUT2D eigenvalue weighted by Gasteiger charge is -2.10. The first-order valence-corrected chi connectivity index (χ1v) is 10.5. The number of benzene rings is 2. The van der Waals surface area contributed by atoms with E-state index in [1.54, 1.807) is 13.0 Å². The number of hydrogen-bond donors (Lipinski definition) is 2. The van der Waals surface area contributed by atoms with Gasteiger partial charge < -0.3 is 15.4 Å². The first-order valence-electron chi connectivity index (χ1n) is 9.13. The minimum absolute atomic E-state index is 0.0576. The average Bonchev–Trinajstić information content (AvgIpc) is 2.88. The van der Waals surface area contributed by atoms with E-state index in [0.29, 0.717) is 28.7 Å². The summed E-state index contributed by atoms with van der Waals surface area (Å²) in [6.07, 6.45) is 1.78. The van der Waals surface area contributed by atoms with Crippen molar-refractivity contribution in [1.29, 1.82) is 0 Å². The summed E-state index contributed by atoms with van der Waals surface area (Å²) in [6.45, 7) is 2.05. The number of thioether (sulfide) groups is 1. The van der Waals surface area contributed by atoms with Crippen molar-refractivity contribution in [1.82, 2.24) is 0 Å². The van der Waals surface area contributed by atoms with E-state index in [-0.39, 0.29) is 29.1 Å². The van der Waals surface area contributed by atoms with E-state index < -0.39 is 5.82 Å². The van der Waals surface area contributed by atoms with E-state index in [0.717, 1.165) is 5.69 Å². The number of amides is 1. The van der Waals surface area contributed by atoms with Crippen LogP contribution < -0.4 is 10.6 Å². The number of carbonyl (C=O) groups excluding carboxylic acids is 2. The highest BCUT2D eigenvalue weighted by molar-refractivity contribution is 8.14. The Hall–Kier alpha value is -2.84. The maximum Gasteiger partial charge on any atom is 0.311 e. The third-order valence-electron chi connectivity index (χ3n) is 3.92. The Morgan fingerprint density at radius 3 is 2.83 bits per heavy atom. The summed E-state index contributed by atoms with van der Waals surface area (Å²) in [4.78, 5) is 28.8. The largest absolute Gasteiger partial charge is 0.466 e. The van der Waals surface area contributed by atoms with Crippen molar-refractivity contribution >= 4 is 57.3 Å². The molecule has 1 aliphatic heterocycles. The third kappa shape index (κ3) is 6.08. The van der Waals surface area contributed by atoms with Crippen molar-refractivity contribution in [3.63, 3.8) is 0 Å². The first-order chi connectivity index (χ1) is 14.4. The van der Waals surface area contributed by atoms with Gasteiger partial charge in [0.2, 0.25) is 5.91 Å². The minimum Gasteiger partial charge on any atom is -0.466 e. The van der Waals surface area contributed by atoms with Crippen molar-refractivity contribution in [2.24, 2.45) is 4.99 Å². The van der Waals surface area contributed by atoms with Gasteiger partial charge in [-0.05, 0) is 43.3 Å². The number of para-hydroxylation sites is 2. The van der Waals surface area contributed by atoms with Gasteiger partial charge in [0.05, 0.1) is 40.2 Å². The molecule has 0 aliphatic carbocycles. The van der Waals surface area contributed by atoms with Gasteiger partial charge in [-0.25, -0.2) is 9.38 Å². The molecule has 9 heteroatoms. The molecular formula is C21H19ClFN3O3S. The molecule has 30 heavy (non-hydrogen) atoms. The van der Waals surface area contributed by atoms with Crippen molar-refractivity contribution < 1.29 is 18.7 Å². The highest BCUT2D eigenvalue weighted by Crippen LogP contribution is 2.31. The summed E-state index contributed by atoms with van der Waals surface area (Å²) in [5, 5.41) is 6.37. The highest BCUT2D eigenvalue weighted by atomic mass is 35.5. The van der Waals surface area contributed by atoms with E-state index in [1.165, 1.54) is 30.0 Å². The molecule has 0 spiro atoms. The number of nitrogens with one attached hydrogen (secondary N) is 2. The molecule has 0 radical (unpaired) electrons. The summed E-state index contributed by atoms with van der Waals surface area (Å²) in [5.74, 6) is -1.14. The Balaban J connectivity index is 1.71. The number of aliphatic imine (C=N–C) groups is 1. The van der Waals surface area contributed by atoms with E-state index in [2.05, 4.69) is 15.6 Å². The van der Waals surface area contributed by atoms with Crippen LogP contribution in [0.2, 0.25) is 5.02 Å². The quantitative estimate of drug-likeness (QED) is 0.599. The molecule has 6 nitrogen and oxygen atoms in total. The minimum atomic E-state index is -0.553. The van der Waals surface area contributed by atoms with Gasteiger partial charge in [-0.15, -0.1) is 0 Å². The van der Waals surface area contributed by atoms with Crippen LogP contribution in [0, 0.1) is 5.82 Å². The van der Waals surface area contributed by atoms with Crippen LogP contribution in [0.15, 0.2) is 59.2 Å². The van der Waals surface area contributed by atoms with E-state index in [4.69, 9.17) is 16.3 Å². The summed E-state index contributed by atoms with van der Waals surface area (Å²) < 4.78 is 18.3. The predicted octanol–water partition coefficient (Wildman–Crippen LogP) is 5.14. The van der Waals surface area contributed by atoms with Crippen molar-refractivity contribution in [2.45, 2.75) is 13.3 Å². The van der Waals surface area contributed by atoms with Crippen LogP contribution in [-0.2, 0) is 14.3 Å². The summed E-state index contributed by atoms with van der Waals surface area (Å²) in [5.41, 5.74) is 2.48. The maximum absolute atomic E-state index is 13.3. The van der Waals surface area contributed by atoms with Crippen LogP contribution in [0.25, 0.3) is 0 Å². The van der Waals surface area contributed by atoms with Crippen molar-refractivity contribution in [2.75, 3.05) is 23.0 Å². The molecule has 0 atom stereocenters. The Labute approximate surface area is 182 Å². The van der Waals surface area contributed by atoms with E-state index in [1.807, 2.05) is 24.3 Å². The molecule has 3 rings (SSSR count). The molecule has 2 N–H and O–H groups in total. The van der Waals surface area contributed by atoms with Crippen molar-refractivity contribution in [3.05, 3.63) is 65.1 Å². The van der Waals surface area contributed by atoms with Gasteiger partial charge in [-0.2, -0.15) is 0 Å². The van der Waals surface area contributed by atoms with Crippen LogP contribution in [-0.4, -0.2) is 29.3 Å². The number of rotatable bonds is 6. The predicted molar refractivity (Wildman–Crippen MR) is 119 cm³/mol. The number of ether oxygens (including phenoxy) is 1. The molecule has 156 valence electrons. The molecule has 0 saturated heterocycles. The fraction of sp³-hybridized carbons (Fsp3) is 0.190. The zero-order chi connectivity index (χ0) is 21.5. The van der Waals surface area contributed by atoms with Gasteiger partial charge in [-0.1, -0.05) is 35.5 Å². The van der Waals surface area contributed by atoms with Crippen molar-refractivity contribution in [3.8, 4) is 0 Å². The van der Waals surface area contributed by atoms with Gasteiger partial charge >= 0.3 is 5.97 Å². The number of esters is 1. The van der Waals surface area contributed by atoms with E-state index in [9.17, 15) is 14.0 Å². The molecule has 2 aromatic carbocycles. The van der Waals surface area contributed by atoms with Crippen LogP contribution in [0.4, 0.5) is 21.5 Å². The smallest absolute Gasteiger partial charge is 0.311 e. The summed E-state index contributed by atoms with van der Waals surface area (Å²) in [6, 6.07) is 11.4. The van der Waals surface area contributed by atoms with Crippen LogP contribution in [0.3, 0.4) is 0 Å². The highest BCUT2D eigenvalue weighted by Gasteiger charge is 2.15. The zero-order valence-corrected chi connectivity index (χ0v) is 17.6. The van der Waals surface area contributed by atoms with Gasteiger partial charge in [0.1, 0.15) is 5.82 Å². The number of carbonyl (C=O) groups is 2. The average molecular weight is 448 g/mol. The number of fused-ring (bicyclic) bond motifs is 1. The standard InChI is InChI=1S/C21H19ClFN3O3S/c1-2-29-21(28)11-14-10-20(26-18-6-4-3-5-17(18)24-14)30-12-19(27)25-13-7-8-16(23)15(22)9-13/h3-10,24H,2,11-12H2,1H3,(H,25,27). The third-order valence-corrected chi connectivity index (χ3v) is 5.12. The molecule has 0 unspecified atom stereocenters. The van der Waals surface area contributed by atoms with Gasteiger partial charge in [0.15, 0.2) is 0 Å². The molecular weight excluding hydrogens is 429 g/mol. The van der Waals surface area contributed by atoms with E-state index >= 15 is 0 Å². The second-order valence-corrected chi connectivity index (χ2v) is 7.61. The first kappa shape index (κ1) is 21.9. The molecule has 1 amide bonds. The van der Waals surface area contributed by atoms with Crippen LogP contribution >= 0.6 is 23.4 Å². The van der Waals surface area contributed by atoms with Crippen LogP contribution in [0.1, 0.15) is 13.3 Å². The topological polar surface area (TPSA) is 79.8 Å².